The van der Waals surface area contributed by atoms with Crippen LogP contribution in [0.5, 0.6) is 0 Å². The van der Waals surface area contributed by atoms with Gasteiger partial charge in [0.2, 0.25) is 0 Å². The van der Waals surface area contributed by atoms with Crippen molar-refractivity contribution in [1.82, 2.24) is 9.80 Å². The number of carbonyl (C=O) groups is 1. The smallest absolute Gasteiger partial charge is 0.253 e. The first-order valence-electron chi connectivity index (χ1n) is 9.23. The number of benzene rings is 2. The van der Waals surface area contributed by atoms with Gasteiger partial charge in [-0.05, 0) is 29.7 Å². The summed E-state index contributed by atoms with van der Waals surface area (Å²) in [4.78, 5) is 16.9. The Bertz CT molecular complexity index is 856. The molecule has 144 valence electrons. The Labute approximate surface area is 161 Å². The highest BCUT2D eigenvalue weighted by atomic mass is 32.2. The molecule has 5 nitrogen and oxygen atoms in total. The first-order chi connectivity index (χ1) is 12.9. The lowest BCUT2D eigenvalue weighted by Gasteiger charge is -2.34. The van der Waals surface area contributed by atoms with E-state index in [9.17, 15) is 13.2 Å². The monoisotopic (exact) mass is 386 g/mol. The van der Waals surface area contributed by atoms with Gasteiger partial charge in [0.15, 0.2) is 9.84 Å². The second kappa shape index (κ2) is 8.67. The molecule has 0 aliphatic carbocycles. The number of sulfone groups is 1. The van der Waals surface area contributed by atoms with E-state index in [0.717, 1.165) is 39.1 Å². The van der Waals surface area contributed by atoms with E-state index in [1.165, 1.54) is 11.8 Å². The van der Waals surface area contributed by atoms with Gasteiger partial charge in [0.05, 0.1) is 5.75 Å². The van der Waals surface area contributed by atoms with Crippen molar-refractivity contribution >= 4 is 15.7 Å². The van der Waals surface area contributed by atoms with Crippen molar-refractivity contribution in [2.75, 3.05) is 39.0 Å². The summed E-state index contributed by atoms with van der Waals surface area (Å²) in [5.41, 5.74) is 2.66. The van der Waals surface area contributed by atoms with Crippen molar-refractivity contribution in [3.05, 3.63) is 71.3 Å². The van der Waals surface area contributed by atoms with E-state index >= 15 is 0 Å². The Kier molecular flexibility index (Phi) is 6.29. The van der Waals surface area contributed by atoms with Crippen LogP contribution in [0, 0.1) is 0 Å². The number of carbonyl (C=O) groups excluding carboxylic acids is 1. The Hall–Kier alpha value is -2.18. The fraction of sp³-hybridized carbons (Fsp3) is 0.381. The van der Waals surface area contributed by atoms with Crippen LogP contribution in [0.15, 0.2) is 54.6 Å². The lowest BCUT2D eigenvalue weighted by Crippen LogP contribution is -2.49. The van der Waals surface area contributed by atoms with E-state index in [1.807, 2.05) is 11.0 Å². The normalized spacial score (nSPS) is 15.7. The molecule has 0 atom stereocenters. The molecule has 3 rings (SSSR count). The van der Waals surface area contributed by atoms with Gasteiger partial charge in [-0.3, -0.25) is 9.69 Å². The first-order valence-corrected chi connectivity index (χ1v) is 11.3. The largest absolute Gasteiger partial charge is 0.336 e. The molecular weight excluding hydrogens is 360 g/mol. The third kappa shape index (κ3) is 5.91. The zero-order valence-corrected chi connectivity index (χ0v) is 16.5. The third-order valence-electron chi connectivity index (χ3n) is 4.85. The average molecular weight is 387 g/mol. The second-order valence-electron chi connectivity index (χ2n) is 7.14. The number of nitrogens with zero attached hydrogens (tertiary/aromatic N) is 2. The van der Waals surface area contributed by atoms with E-state index in [2.05, 4.69) is 29.2 Å². The van der Waals surface area contributed by atoms with Gasteiger partial charge in [-0.25, -0.2) is 8.42 Å². The van der Waals surface area contributed by atoms with Gasteiger partial charge < -0.3 is 4.90 Å². The van der Waals surface area contributed by atoms with E-state index in [-0.39, 0.29) is 11.7 Å². The summed E-state index contributed by atoms with van der Waals surface area (Å²) >= 11 is 0. The summed E-state index contributed by atoms with van der Waals surface area (Å²) in [6.07, 6.45) is 2.24. The molecule has 0 N–H and O–H groups in total. The molecule has 0 saturated carbocycles. The Morgan fingerprint density at radius 3 is 2.11 bits per heavy atom. The molecule has 27 heavy (non-hydrogen) atoms. The number of rotatable bonds is 6. The van der Waals surface area contributed by atoms with Gasteiger partial charge in [0.25, 0.3) is 5.91 Å². The van der Waals surface area contributed by atoms with E-state index in [1.54, 1.807) is 24.3 Å². The van der Waals surface area contributed by atoms with Crippen molar-refractivity contribution in [3.63, 3.8) is 0 Å². The zero-order valence-electron chi connectivity index (χ0n) is 15.7. The van der Waals surface area contributed by atoms with Gasteiger partial charge >= 0.3 is 0 Å². The zero-order chi connectivity index (χ0) is 19.3. The number of hydrogen-bond acceptors (Lipinski definition) is 4. The van der Waals surface area contributed by atoms with E-state index in [0.29, 0.717) is 11.1 Å². The maximum Gasteiger partial charge on any atom is 0.253 e. The lowest BCUT2D eigenvalue weighted by molar-refractivity contribution is 0.0638. The molecule has 1 aliphatic rings. The average Bonchev–Trinajstić information content (AvgIpc) is 2.66. The van der Waals surface area contributed by atoms with Crippen molar-refractivity contribution in [2.45, 2.75) is 12.2 Å². The second-order valence-corrected chi connectivity index (χ2v) is 9.28. The molecule has 0 bridgehead atoms. The lowest BCUT2D eigenvalue weighted by atomic mass is 10.1. The maximum atomic E-state index is 12.7. The van der Waals surface area contributed by atoms with Crippen LogP contribution < -0.4 is 0 Å². The molecule has 6 heteroatoms. The highest BCUT2D eigenvalue weighted by molar-refractivity contribution is 7.89. The minimum absolute atomic E-state index is 0.00155. The van der Waals surface area contributed by atoms with Crippen molar-refractivity contribution in [1.29, 1.82) is 0 Å². The van der Waals surface area contributed by atoms with Crippen LogP contribution in [0.2, 0.25) is 0 Å². The van der Waals surface area contributed by atoms with Crippen LogP contribution >= 0.6 is 0 Å². The highest BCUT2D eigenvalue weighted by Gasteiger charge is 2.22. The molecule has 1 aliphatic heterocycles. The van der Waals surface area contributed by atoms with Crippen molar-refractivity contribution in [3.8, 4) is 0 Å². The molecule has 0 spiro atoms. The van der Waals surface area contributed by atoms with Gasteiger partial charge in [-0.2, -0.15) is 0 Å². The minimum Gasteiger partial charge on any atom is -0.336 e. The summed E-state index contributed by atoms with van der Waals surface area (Å²) < 4.78 is 22.7. The molecule has 1 heterocycles. The molecule has 1 saturated heterocycles. The standard InChI is InChI=1S/C21H26N2O3S/c1-27(25,26)17-19-7-9-20(10-8-19)21(24)23-15-13-22(14-16-23)12-11-18-5-3-2-4-6-18/h2-10H,11-17H2,1H3. The first kappa shape index (κ1) is 19.6. The van der Waals surface area contributed by atoms with Crippen LogP contribution in [0.3, 0.4) is 0 Å². The van der Waals surface area contributed by atoms with E-state index < -0.39 is 9.84 Å². The van der Waals surface area contributed by atoms with Crippen molar-refractivity contribution in [2.24, 2.45) is 0 Å². The van der Waals surface area contributed by atoms with Crippen LogP contribution in [0.25, 0.3) is 0 Å². The molecular formula is C21H26N2O3S. The predicted octanol–water partition coefficient (Wildman–Crippen LogP) is 2.23. The quantitative estimate of drug-likeness (QED) is 0.764. The Morgan fingerprint density at radius 2 is 1.52 bits per heavy atom. The summed E-state index contributed by atoms with van der Waals surface area (Å²) in [5.74, 6) is 0.0188. The molecule has 0 radical (unpaired) electrons. The fourth-order valence-corrected chi connectivity index (χ4v) is 4.13. The van der Waals surface area contributed by atoms with Crippen LogP contribution in [0.4, 0.5) is 0 Å². The highest BCUT2D eigenvalue weighted by Crippen LogP contribution is 2.12. The van der Waals surface area contributed by atoms with Crippen molar-refractivity contribution < 1.29 is 13.2 Å². The number of piperazine rings is 1. The summed E-state index contributed by atoms with van der Waals surface area (Å²) in [7, 11) is -3.06. The van der Waals surface area contributed by atoms with Crippen LogP contribution in [0.1, 0.15) is 21.5 Å². The minimum atomic E-state index is -3.06. The summed E-state index contributed by atoms with van der Waals surface area (Å²) in [6.45, 7) is 4.21. The molecule has 1 fully saturated rings. The van der Waals surface area contributed by atoms with Gasteiger partial charge in [0.1, 0.15) is 0 Å². The summed E-state index contributed by atoms with van der Waals surface area (Å²) in [5, 5.41) is 0. The fourth-order valence-electron chi connectivity index (χ4n) is 3.34. The number of amides is 1. The predicted molar refractivity (Wildman–Crippen MR) is 107 cm³/mol. The molecule has 1 amide bonds. The topological polar surface area (TPSA) is 57.7 Å². The third-order valence-corrected chi connectivity index (χ3v) is 5.71. The molecule has 2 aromatic rings. The molecule has 0 unspecified atom stereocenters. The SMILES string of the molecule is CS(=O)(=O)Cc1ccc(C(=O)N2CCN(CCc3ccccc3)CC2)cc1. The summed E-state index contributed by atoms with van der Waals surface area (Å²) in [6, 6.07) is 17.4. The Morgan fingerprint density at radius 1 is 0.889 bits per heavy atom. The van der Waals surface area contributed by atoms with Crippen LogP contribution in [-0.2, 0) is 22.0 Å². The van der Waals surface area contributed by atoms with E-state index in [4.69, 9.17) is 0 Å². The molecule has 0 aromatic heterocycles. The number of hydrogen-bond donors (Lipinski definition) is 0. The van der Waals surface area contributed by atoms with Gasteiger partial charge in [-0.15, -0.1) is 0 Å². The Balaban J connectivity index is 1.49. The maximum absolute atomic E-state index is 12.7. The van der Waals surface area contributed by atoms with Crippen LogP contribution in [-0.4, -0.2) is 63.1 Å². The van der Waals surface area contributed by atoms with Gasteiger partial charge in [-0.1, -0.05) is 42.5 Å². The molecule has 2 aromatic carbocycles. The van der Waals surface area contributed by atoms with Gasteiger partial charge in [0, 0.05) is 44.5 Å².